The number of pyridine rings is 1. The second kappa shape index (κ2) is 4.28. The number of ketones is 1. The monoisotopic (exact) mass is 293 g/mol. The van der Waals surface area contributed by atoms with Crippen LogP contribution in [0.4, 0.5) is 0 Å². The largest absolute Gasteiger partial charge is 0.305 e. The van der Waals surface area contributed by atoms with Gasteiger partial charge in [0.25, 0.3) is 0 Å². The molecule has 0 radical (unpaired) electrons. The molecule has 19 heavy (non-hydrogen) atoms. The van der Waals surface area contributed by atoms with Crippen molar-refractivity contribution in [1.82, 2.24) is 4.57 Å². The van der Waals surface area contributed by atoms with E-state index >= 15 is 0 Å². The zero-order valence-electron chi connectivity index (χ0n) is 12.8. The second-order valence-corrected chi connectivity index (χ2v) is 17.5. The van der Waals surface area contributed by atoms with Crippen LogP contribution < -0.4 is 15.9 Å². The first kappa shape index (κ1) is 14.5. The number of carbonyl (C=O) groups is 1. The van der Waals surface area contributed by atoms with Gasteiger partial charge in [0.1, 0.15) is 0 Å². The van der Waals surface area contributed by atoms with Crippen molar-refractivity contribution in [2.75, 3.05) is 0 Å². The van der Waals surface area contributed by atoms with Crippen LogP contribution in [-0.4, -0.2) is 26.5 Å². The quantitative estimate of drug-likeness (QED) is 0.776. The van der Waals surface area contributed by atoms with Crippen LogP contribution in [-0.2, 0) is 6.54 Å². The number of hydrogen-bond acceptors (Lipinski definition) is 2. The lowest BCUT2D eigenvalue weighted by atomic mass is 10.2. The first-order chi connectivity index (χ1) is 8.53. The molecule has 0 aliphatic carbocycles. The number of hydrogen-bond donors (Lipinski definition) is 0. The Balaban J connectivity index is 2.87. The van der Waals surface area contributed by atoms with Gasteiger partial charge >= 0.3 is 0 Å². The van der Waals surface area contributed by atoms with E-state index < -0.39 is 16.1 Å². The summed E-state index contributed by atoms with van der Waals surface area (Å²) in [5.74, 6) is 0.124. The van der Waals surface area contributed by atoms with Crippen molar-refractivity contribution >= 4 is 32.3 Å². The predicted octanol–water partition coefficient (Wildman–Crippen LogP) is 1.53. The minimum Gasteiger partial charge on any atom is -0.305 e. The minimum atomic E-state index is -1.71. The Morgan fingerprint density at radius 3 is 2.05 bits per heavy atom. The third kappa shape index (κ3) is 2.41. The lowest BCUT2D eigenvalue weighted by Crippen LogP contribution is -2.64. The topological polar surface area (TPSA) is 39.1 Å². The van der Waals surface area contributed by atoms with E-state index in [4.69, 9.17) is 0 Å². The normalized spacial score (nSPS) is 15.8. The summed E-state index contributed by atoms with van der Waals surface area (Å²) in [6.07, 6.45) is 0.482. The summed E-state index contributed by atoms with van der Waals surface area (Å²) in [6.45, 7) is 14.0. The van der Waals surface area contributed by atoms with E-state index in [2.05, 4.69) is 39.3 Å². The molecule has 0 amide bonds. The summed E-state index contributed by atoms with van der Waals surface area (Å²) in [5.41, 5.74) is 0.754. The molecule has 5 heteroatoms. The van der Waals surface area contributed by atoms with Crippen molar-refractivity contribution in [1.29, 1.82) is 0 Å². The van der Waals surface area contributed by atoms with Crippen LogP contribution in [0.1, 0.15) is 16.9 Å². The first-order valence-electron chi connectivity index (χ1n) is 6.85. The molecule has 0 aromatic carbocycles. The highest BCUT2D eigenvalue weighted by Gasteiger charge is 2.34. The van der Waals surface area contributed by atoms with Gasteiger partial charge in [0.05, 0.1) is 21.8 Å². The third-order valence-electron chi connectivity index (χ3n) is 3.71. The summed E-state index contributed by atoms with van der Waals surface area (Å²) in [7, 11) is -3.33. The van der Waals surface area contributed by atoms with Gasteiger partial charge in [0.2, 0.25) is 5.56 Å². The van der Waals surface area contributed by atoms with Crippen LogP contribution in [0.3, 0.4) is 0 Å². The molecule has 0 saturated heterocycles. The van der Waals surface area contributed by atoms with E-state index in [0.717, 1.165) is 5.19 Å². The fourth-order valence-electron chi connectivity index (χ4n) is 2.76. The fourth-order valence-corrected chi connectivity index (χ4v) is 8.09. The molecule has 2 rings (SSSR count). The Hall–Kier alpha value is -0.946. The Morgan fingerprint density at radius 1 is 1.00 bits per heavy atom. The van der Waals surface area contributed by atoms with Gasteiger partial charge in [0.15, 0.2) is 5.78 Å². The number of Topliss-reactive ketones (excluding diaryl/α,β-unsaturated/α-hetero) is 1. The fraction of sp³-hybridized carbons (Fsp3) is 0.571. The van der Waals surface area contributed by atoms with E-state index in [1.54, 1.807) is 4.57 Å². The van der Waals surface area contributed by atoms with Crippen molar-refractivity contribution in [2.24, 2.45) is 0 Å². The maximum atomic E-state index is 12.8. The van der Waals surface area contributed by atoms with Crippen LogP contribution in [0.5, 0.6) is 0 Å². The van der Waals surface area contributed by atoms with Gasteiger partial charge in [-0.15, -0.1) is 0 Å². The van der Waals surface area contributed by atoms with E-state index in [0.29, 0.717) is 18.7 Å². The van der Waals surface area contributed by atoms with E-state index in [1.807, 2.05) is 6.07 Å². The maximum absolute atomic E-state index is 12.8. The summed E-state index contributed by atoms with van der Waals surface area (Å²) < 4.78 is 1.71. The zero-order chi connectivity index (χ0) is 14.6. The van der Waals surface area contributed by atoms with Gasteiger partial charge in [-0.25, -0.2) is 0 Å². The van der Waals surface area contributed by atoms with Crippen molar-refractivity contribution < 1.29 is 4.79 Å². The standard InChI is InChI=1S/C14H23NO2Si2/c1-18(2,3)12-9-10-11(16)7-8-15(10)14(17)13(12)19(4,5)6/h9H,7-8H2,1-6H3. The molecular weight excluding hydrogens is 270 g/mol. The highest BCUT2D eigenvalue weighted by molar-refractivity contribution is 6.98. The molecular formula is C14H23NO2Si2. The molecule has 2 heterocycles. The molecule has 3 nitrogen and oxygen atoms in total. The maximum Gasteiger partial charge on any atom is 0.250 e. The van der Waals surface area contributed by atoms with E-state index in [1.165, 1.54) is 5.19 Å². The first-order valence-corrected chi connectivity index (χ1v) is 13.9. The summed E-state index contributed by atoms with van der Waals surface area (Å²) >= 11 is 0. The molecule has 1 aliphatic rings. The third-order valence-corrected chi connectivity index (χ3v) is 7.95. The van der Waals surface area contributed by atoms with Gasteiger partial charge in [-0.2, -0.15) is 0 Å². The molecule has 0 N–H and O–H groups in total. The Morgan fingerprint density at radius 2 is 1.58 bits per heavy atom. The van der Waals surface area contributed by atoms with Crippen LogP contribution in [0.2, 0.25) is 39.3 Å². The lowest BCUT2D eigenvalue weighted by Gasteiger charge is -2.28. The number of nitrogens with zero attached hydrogens (tertiary/aromatic N) is 1. The van der Waals surface area contributed by atoms with Crippen molar-refractivity contribution in [2.45, 2.75) is 52.2 Å². The smallest absolute Gasteiger partial charge is 0.250 e. The van der Waals surface area contributed by atoms with Gasteiger partial charge in [-0.1, -0.05) is 44.5 Å². The van der Waals surface area contributed by atoms with Gasteiger partial charge in [0, 0.05) is 18.2 Å². The molecule has 0 spiro atoms. The molecule has 0 saturated carbocycles. The molecule has 1 aromatic heterocycles. The minimum absolute atomic E-state index is 0.111. The molecule has 0 bridgehead atoms. The highest BCUT2D eigenvalue weighted by Crippen LogP contribution is 2.13. The number of rotatable bonds is 2. The van der Waals surface area contributed by atoms with Crippen LogP contribution in [0.15, 0.2) is 10.9 Å². The van der Waals surface area contributed by atoms with Gasteiger partial charge in [-0.05, 0) is 6.07 Å². The van der Waals surface area contributed by atoms with Crippen LogP contribution in [0.25, 0.3) is 0 Å². The Bertz CT molecular complexity index is 604. The van der Waals surface area contributed by atoms with Gasteiger partial charge < -0.3 is 4.57 Å². The van der Waals surface area contributed by atoms with E-state index in [-0.39, 0.29) is 11.3 Å². The van der Waals surface area contributed by atoms with Crippen LogP contribution in [0, 0.1) is 0 Å². The Labute approximate surface area is 116 Å². The number of carbonyl (C=O) groups excluding carboxylic acids is 1. The van der Waals surface area contributed by atoms with Crippen molar-refractivity contribution in [3.05, 3.63) is 22.1 Å². The van der Waals surface area contributed by atoms with Crippen LogP contribution >= 0.6 is 0 Å². The van der Waals surface area contributed by atoms with E-state index in [9.17, 15) is 9.59 Å². The molecule has 0 fully saturated rings. The summed E-state index contributed by atoms with van der Waals surface area (Å²) in [6, 6.07) is 2.04. The predicted molar refractivity (Wildman–Crippen MR) is 85.6 cm³/mol. The Kier molecular flexibility index (Phi) is 3.26. The average Bonchev–Trinajstić information content (AvgIpc) is 2.57. The molecule has 0 unspecified atom stereocenters. The average molecular weight is 294 g/mol. The zero-order valence-corrected chi connectivity index (χ0v) is 14.8. The summed E-state index contributed by atoms with van der Waals surface area (Å²) in [5, 5.41) is 2.25. The molecule has 1 aliphatic heterocycles. The lowest BCUT2D eigenvalue weighted by molar-refractivity contribution is 0.0994. The van der Waals surface area contributed by atoms with Crippen molar-refractivity contribution in [3.63, 3.8) is 0 Å². The molecule has 104 valence electrons. The van der Waals surface area contributed by atoms with Gasteiger partial charge in [-0.3, -0.25) is 9.59 Å². The van der Waals surface area contributed by atoms with Crippen molar-refractivity contribution in [3.8, 4) is 0 Å². The highest BCUT2D eigenvalue weighted by atomic mass is 28.3. The number of fused-ring (bicyclic) bond motifs is 1. The molecule has 0 atom stereocenters. The number of aromatic nitrogens is 1. The second-order valence-electron chi connectivity index (χ2n) is 7.45. The summed E-state index contributed by atoms with van der Waals surface area (Å²) in [4.78, 5) is 24.7. The molecule has 1 aromatic rings. The SMILES string of the molecule is C[Si](C)(C)c1cc2n(c(=O)c1[Si](C)(C)C)CCC2=O.